The second-order valence-electron chi connectivity index (χ2n) is 9.02. The number of aromatic nitrogens is 4. The molecule has 9 nitrogen and oxygen atoms in total. The van der Waals surface area contributed by atoms with E-state index < -0.39 is 0 Å². The Labute approximate surface area is 217 Å². The van der Waals surface area contributed by atoms with Crippen molar-refractivity contribution in [3.05, 3.63) is 33.4 Å². The van der Waals surface area contributed by atoms with E-state index >= 15 is 0 Å². The number of halogens is 3. The highest BCUT2D eigenvalue weighted by molar-refractivity contribution is 6.41. The van der Waals surface area contributed by atoms with Gasteiger partial charge in [-0.1, -0.05) is 34.8 Å². The third-order valence-corrected chi connectivity index (χ3v) is 7.51. The predicted molar refractivity (Wildman–Crippen MR) is 138 cm³/mol. The monoisotopic (exact) mass is 537 g/mol. The average Bonchev–Trinajstić information content (AvgIpc) is 3.19. The summed E-state index contributed by atoms with van der Waals surface area (Å²) in [7, 11) is 0. The minimum atomic E-state index is -0.248. The van der Waals surface area contributed by atoms with Crippen molar-refractivity contribution >= 4 is 69.5 Å². The molecule has 35 heavy (non-hydrogen) atoms. The number of ether oxygens (including phenoxy) is 1. The van der Waals surface area contributed by atoms with Gasteiger partial charge in [0.25, 0.3) is 0 Å². The van der Waals surface area contributed by atoms with E-state index in [-0.39, 0.29) is 23.9 Å². The van der Waals surface area contributed by atoms with Gasteiger partial charge in [-0.05, 0) is 50.7 Å². The van der Waals surface area contributed by atoms with E-state index in [0.717, 1.165) is 38.9 Å². The molecule has 0 unspecified atom stereocenters. The molecule has 1 aromatic carbocycles. The molecule has 1 amide bonds. The fraction of sp³-hybridized carbons (Fsp3) is 0.478. The lowest BCUT2D eigenvalue weighted by Crippen LogP contribution is -2.29. The molecule has 2 aliphatic rings. The van der Waals surface area contributed by atoms with Gasteiger partial charge in [-0.25, -0.2) is 9.97 Å². The number of hydrogen-bond donors (Lipinski definition) is 3. The highest BCUT2D eigenvalue weighted by atomic mass is 35.5. The molecule has 0 radical (unpaired) electrons. The minimum Gasteiger partial charge on any atom is -0.381 e. The molecule has 0 bridgehead atoms. The summed E-state index contributed by atoms with van der Waals surface area (Å²) in [5, 5.41) is 7.92. The predicted octanol–water partition coefficient (Wildman–Crippen LogP) is 5.34. The molecule has 5 rings (SSSR count). The highest BCUT2D eigenvalue weighted by Gasteiger charge is 2.29. The van der Waals surface area contributed by atoms with Crippen molar-refractivity contribution in [1.29, 1.82) is 0 Å². The Morgan fingerprint density at radius 2 is 1.71 bits per heavy atom. The summed E-state index contributed by atoms with van der Waals surface area (Å²) >= 11 is 19.0. The lowest BCUT2D eigenvalue weighted by molar-refractivity contribution is -0.122. The van der Waals surface area contributed by atoms with Crippen LogP contribution in [0.25, 0.3) is 11.2 Å². The number of rotatable bonds is 6. The Balaban J connectivity index is 1.52. The summed E-state index contributed by atoms with van der Waals surface area (Å²) < 4.78 is 7.51. The Hall–Kier alpha value is -2.33. The van der Waals surface area contributed by atoms with Crippen LogP contribution in [0.5, 0.6) is 0 Å². The fourth-order valence-electron chi connectivity index (χ4n) is 4.81. The molecule has 3 aromatic rings. The van der Waals surface area contributed by atoms with Gasteiger partial charge >= 0.3 is 0 Å². The lowest BCUT2D eigenvalue weighted by Gasteiger charge is -2.29. The average molecular weight is 539 g/mol. The van der Waals surface area contributed by atoms with Gasteiger partial charge in [0.15, 0.2) is 5.65 Å². The largest absolute Gasteiger partial charge is 0.381 e. The summed E-state index contributed by atoms with van der Waals surface area (Å²) in [5.74, 6) is 0.733. The molecule has 1 aliphatic carbocycles. The smallest absolute Gasteiger partial charge is 0.224 e. The van der Waals surface area contributed by atoms with E-state index in [2.05, 4.69) is 20.2 Å². The second kappa shape index (κ2) is 10.3. The van der Waals surface area contributed by atoms with Gasteiger partial charge < -0.3 is 21.1 Å². The van der Waals surface area contributed by atoms with E-state index in [9.17, 15) is 4.79 Å². The van der Waals surface area contributed by atoms with Crippen molar-refractivity contribution in [3.8, 4) is 0 Å². The molecule has 186 valence electrons. The number of benzene rings is 1. The number of primary amides is 1. The molecule has 2 fully saturated rings. The van der Waals surface area contributed by atoms with E-state index in [4.69, 9.17) is 55.2 Å². The molecule has 1 saturated carbocycles. The van der Waals surface area contributed by atoms with Crippen molar-refractivity contribution < 1.29 is 9.53 Å². The number of carbonyl (C=O) groups is 1. The molecular weight excluding hydrogens is 513 g/mol. The standard InChI is InChI=1S/C23H26Cl3N7O2/c24-13-9-16(25)19(17(26)10-13)31-23-30-18-11-28-22(29-14-5-7-35-8-6-14)32-21(18)33(23)15-3-1-12(2-4-15)20(27)34/h9-12,14-15H,1-8H2,(H2,27,34)(H,30,31)(H,28,29,32). The van der Waals surface area contributed by atoms with Gasteiger partial charge in [-0.2, -0.15) is 4.98 Å². The quantitative estimate of drug-likeness (QED) is 0.387. The molecular formula is C23H26Cl3N7O2. The van der Waals surface area contributed by atoms with Crippen molar-refractivity contribution in [2.75, 3.05) is 23.8 Å². The van der Waals surface area contributed by atoms with Crippen molar-refractivity contribution in [2.24, 2.45) is 11.7 Å². The van der Waals surface area contributed by atoms with Gasteiger partial charge in [0.1, 0.15) is 5.52 Å². The molecule has 0 atom stereocenters. The normalized spacial score (nSPS) is 21.2. The van der Waals surface area contributed by atoms with Crippen LogP contribution in [0.1, 0.15) is 44.6 Å². The van der Waals surface area contributed by atoms with Crippen LogP contribution in [-0.4, -0.2) is 44.7 Å². The zero-order valence-electron chi connectivity index (χ0n) is 18.9. The number of nitrogens with zero attached hydrogens (tertiary/aromatic N) is 4. The summed E-state index contributed by atoms with van der Waals surface area (Å²) in [6, 6.07) is 3.57. The topological polar surface area (TPSA) is 120 Å². The van der Waals surface area contributed by atoms with Gasteiger partial charge in [-0.15, -0.1) is 0 Å². The van der Waals surface area contributed by atoms with E-state index in [1.807, 2.05) is 0 Å². The van der Waals surface area contributed by atoms with Crippen molar-refractivity contribution in [3.63, 3.8) is 0 Å². The molecule has 0 spiro atoms. The number of imidazole rings is 1. The zero-order valence-corrected chi connectivity index (χ0v) is 21.2. The number of carbonyl (C=O) groups excluding carboxylic acids is 1. The summed E-state index contributed by atoms with van der Waals surface area (Å²) in [6.07, 6.45) is 6.47. The molecule has 12 heteroatoms. The molecule has 3 heterocycles. The summed E-state index contributed by atoms with van der Waals surface area (Å²) in [6.45, 7) is 1.44. The Morgan fingerprint density at radius 3 is 2.37 bits per heavy atom. The maximum absolute atomic E-state index is 11.7. The van der Waals surface area contributed by atoms with Crippen molar-refractivity contribution in [1.82, 2.24) is 19.5 Å². The van der Waals surface area contributed by atoms with Crippen LogP contribution >= 0.6 is 34.8 Å². The number of anilines is 3. The van der Waals surface area contributed by atoms with E-state index in [1.165, 1.54) is 0 Å². The maximum Gasteiger partial charge on any atom is 0.224 e. The van der Waals surface area contributed by atoms with Crippen LogP contribution in [0.4, 0.5) is 17.6 Å². The number of hydrogen-bond acceptors (Lipinski definition) is 7. The minimum absolute atomic E-state index is 0.0637. The zero-order chi connectivity index (χ0) is 24.5. The first-order valence-corrected chi connectivity index (χ1v) is 12.8. The molecule has 1 aliphatic heterocycles. The first-order valence-electron chi connectivity index (χ1n) is 11.7. The number of nitrogens with one attached hydrogen (secondary N) is 2. The van der Waals surface area contributed by atoms with E-state index in [0.29, 0.717) is 56.7 Å². The van der Waals surface area contributed by atoms with Crippen molar-refractivity contribution in [2.45, 2.75) is 50.6 Å². The second-order valence-corrected chi connectivity index (χ2v) is 10.3. The SMILES string of the molecule is NC(=O)C1CCC(n2c(Nc3c(Cl)cc(Cl)cc3Cl)nc3cnc(NC4CCOCC4)nc32)CC1. The maximum atomic E-state index is 11.7. The van der Waals surface area contributed by atoms with Crippen LogP contribution in [0.15, 0.2) is 18.3 Å². The van der Waals surface area contributed by atoms with Crippen LogP contribution in [0, 0.1) is 5.92 Å². The lowest BCUT2D eigenvalue weighted by atomic mass is 9.85. The van der Waals surface area contributed by atoms with Gasteiger partial charge in [0.05, 0.1) is 21.9 Å². The van der Waals surface area contributed by atoms with Gasteiger partial charge in [0.2, 0.25) is 17.8 Å². The molecule has 4 N–H and O–H groups in total. The summed E-state index contributed by atoms with van der Waals surface area (Å²) in [5.41, 5.74) is 7.40. The molecule has 2 aromatic heterocycles. The van der Waals surface area contributed by atoms with Gasteiger partial charge in [0, 0.05) is 36.2 Å². The number of fused-ring (bicyclic) bond motifs is 1. The first-order chi connectivity index (χ1) is 16.9. The van der Waals surface area contributed by atoms with Crippen LogP contribution in [-0.2, 0) is 9.53 Å². The number of nitrogens with two attached hydrogens (primary N) is 1. The van der Waals surface area contributed by atoms with Crippen LogP contribution in [0.3, 0.4) is 0 Å². The Kier molecular flexibility index (Phi) is 7.20. The third kappa shape index (κ3) is 5.28. The first kappa shape index (κ1) is 24.4. The highest BCUT2D eigenvalue weighted by Crippen LogP contribution is 2.40. The number of amides is 1. The third-order valence-electron chi connectivity index (χ3n) is 6.70. The fourth-order valence-corrected chi connectivity index (χ4v) is 5.72. The summed E-state index contributed by atoms with van der Waals surface area (Å²) in [4.78, 5) is 25.8. The Bertz CT molecular complexity index is 1210. The van der Waals surface area contributed by atoms with E-state index in [1.54, 1.807) is 18.3 Å². The van der Waals surface area contributed by atoms with Gasteiger partial charge in [-0.3, -0.25) is 9.36 Å². The molecule has 1 saturated heterocycles. The van der Waals surface area contributed by atoms with Crippen LogP contribution < -0.4 is 16.4 Å². The Morgan fingerprint density at radius 1 is 1.03 bits per heavy atom. The van der Waals surface area contributed by atoms with Crippen LogP contribution in [0.2, 0.25) is 15.1 Å².